The molecular weight excluding hydrogens is 248 g/mol. The van der Waals surface area contributed by atoms with Crippen molar-refractivity contribution in [3.8, 4) is 0 Å². The maximum absolute atomic E-state index is 11.3. The van der Waals surface area contributed by atoms with Crippen LogP contribution in [0.25, 0.3) is 0 Å². The van der Waals surface area contributed by atoms with E-state index in [0.717, 1.165) is 25.8 Å². The number of nitrogens with two attached hydrogens (primary N) is 2. The first-order valence-corrected chi connectivity index (χ1v) is 6.73. The number of amides is 2. The first kappa shape index (κ1) is 15.9. The lowest BCUT2D eigenvalue weighted by molar-refractivity contribution is -0.132. The molecule has 1 fully saturated rings. The highest BCUT2D eigenvalue weighted by atomic mass is 16.5. The molecule has 0 saturated carbocycles. The van der Waals surface area contributed by atoms with Crippen LogP contribution in [0.15, 0.2) is 0 Å². The van der Waals surface area contributed by atoms with Gasteiger partial charge in [0.15, 0.2) is 0 Å². The van der Waals surface area contributed by atoms with Crippen molar-refractivity contribution in [3.63, 3.8) is 0 Å². The largest absolute Gasteiger partial charge is 0.369 e. The van der Waals surface area contributed by atoms with Crippen LogP contribution in [0.4, 0.5) is 0 Å². The minimum atomic E-state index is -0.475. The Labute approximate surface area is 113 Å². The molecule has 0 spiro atoms. The molecule has 1 aliphatic heterocycles. The summed E-state index contributed by atoms with van der Waals surface area (Å²) in [6, 6.07) is 0. The van der Waals surface area contributed by atoms with Crippen LogP contribution < -0.4 is 17.0 Å². The highest BCUT2D eigenvalue weighted by molar-refractivity contribution is 5.80. The van der Waals surface area contributed by atoms with Crippen LogP contribution in [0, 0.1) is 0 Å². The van der Waals surface area contributed by atoms with Crippen LogP contribution in [0.5, 0.6) is 0 Å². The Balaban J connectivity index is 2.41. The van der Waals surface area contributed by atoms with E-state index in [0.29, 0.717) is 13.0 Å². The van der Waals surface area contributed by atoms with Crippen LogP contribution >= 0.6 is 0 Å². The normalized spacial score (nSPS) is 22.7. The molecular formula is C12H24N4O3. The molecule has 1 rings (SSSR count). The van der Waals surface area contributed by atoms with Crippen LogP contribution in [0.3, 0.4) is 0 Å². The number of primary amides is 1. The first-order valence-electron chi connectivity index (χ1n) is 6.73. The molecule has 7 heteroatoms. The summed E-state index contributed by atoms with van der Waals surface area (Å²) in [4.78, 5) is 24.4. The van der Waals surface area contributed by atoms with Gasteiger partial charge >= 0.3 is 0 Å². The standard InChI is InChI=1S/C12H24N4O3/c1-2-3-6-16(8-11(13)17)7-9-4-5-10(19-9)12(18)15-14/h9-10H,2-8,14H2,1H3,(H2,13,17)(H,15,18). The second-order valence-electron chi connectivity index (χ2n) is 4.89. The van der Waals surface area contributed by atoms with E-state index in [4.69, 9.17) is 16.3 Å². The Morgan fingerprint density at radius 1 is 1.42 bits per heavy atom. The van der Waals surface area contributed by atoms with Gasteiger partial charge in [-0.2, -0.15) is 0 Å². The Kier molecular flexibility index (Phi) is 6.75. The third kappa shape index (κ3) is 5.54. The van der Waals surface area contributed by atoms with E-state index >= 15 is 0 Å². The lowest BCUT2D eigenvalue weighted by Crippen LogP contribution is -2.41. The fraction of sp³-hybridized carbons (Fsp3) is 0.833. The van der Waals surface area contributed by atoms with Crippen molar-refractivity contribution in [2.75, 3.05) is 19.6 Å². The van der Waals surface area contributed by atoms with Crippen LogP contribution in [0.2, 0.25) is 0 Å². The first-order chi connectivity index (χ1) is 9.06. The SMILES string of the molecule is CCCCN(CC(N)=O)CC1CCC(C(=O)NN)O1. The van der Waals surface area contributed by atoms with Gasteiger partial charge in [-0.1, -0.05) is 13.3 Å². The number of rotatable bonds is 8. The molecule has 2 unspecified atom stereocenters. The summed E-state index contributed by atoms with van der Waals surface area (Å²) in [5, 5.41) is 0. The number of hydrogen-bond donors (Lipinski definition) is 3. The molecule has 0 aliphatic carbocycles. The van der Waals surface area contributed by atoms with Crippen LogP contribution in [-0.4, -0.2) is 48.6 Å². The second kappa shape index (κ2) is 8.08. The van der Waals surface area contributed by atoms with Crippen LogP contribution in [0.1, 0.15) is 32.6 Å². The van der Waals surface area contributed by atoms with Crippen molar-refractivity contribution in [1.29, 1.82) is 0 Å². The lowest BCUT2D eigenvalue weighted by atomic mass is 10.1. The van der Waals surface area contributed by atoms with Crippen molar-refractivity contribution in [1.82, 2.24) is 10.3 Å². The van der Waals surface area contributed by atoms with Gasteiger partial charge in [-0.25, -0.2) is 5.84 Å². The zero-order chi connectivity index (χ0) is 14.3. The van der Waals surface area contributed by atoms with Crippen molar-refractivity contribution in [3.05, 3.63) is 0 Å². The van der Waals surface area contributed by atoms with E-state index in [-0.39, 0.29) is 24.5 Å². The molecule has 7 nitrogen and oxygen atoms in total. The zero-order valence-corrected chi connectivity index (χ0v) is 11.4. The third-order valence-corrected chi connectivity index (χ3v) is 3.21. The highest BCUT2D eigenvalue weighted by Crippen LogP contribution is 2.20. The molecule has 2 atom stereocenters. The number of nitrogens with zero attached hydrogens (tertiary/aromatic N) is 1. The molecule has 1 heterocycles. The van der Waals surface area contributed by atoms with Gasteiger partial charge in [-0.15, -0.1) is 0 Å². The van der Waals surface area contributed by atoms with Gasteiger partial charge in [0.2, 0.25) is 5.91 Å². The predicted octanol–water partition coefficient (Wildman–Crippen LogP) is -0.889. The molecule has 110 valence electrons. The summed E-state index contributed by atoms with van der Waals surface area (Å²) in [7, 11) is 0. The summed E-state index contributed by atoms with van der Waals surface area (Å²) < 4.78 is 5.62. The molecule has 0 aromatic rings. The van der Waals surface area contributed by atoms with Gasteiger partial charge in [0.1, 0.15) is 6.10 Å². The fourth-order valence-corrected chi connectivity index (χ4v) is 2.25. The molecule has 0 aromatic heterocycles. The Morgan fingerprint density at radius 2 is 2.16 bits per heavy atom. The van der Waals surface area contributed by atoms with E-state index in [2.05, 4.69) is 12.3 Å². The van der Waals surface area contributed by atoms with Gasteiger partial charge in [0.05, 0.1) is 12.6 Å². The van der Waals surface area contributed by atoms with Crippen molar-refractivity contribution >= 4 is 11.8 Å². The number of nitrogens with one attached hydrogen (secondary N) is 1. The highest BCUT2D eigenvalue weighted by Gasteiger charge is 2.31. The van der Waals surface area contributed by atoms with Gasteiger partial charge in [0.25, 0.3) is 5.91 Å². The second-order valence-corrected chi connectivity index (χ2v) is 4.89. The van der Waals surface area contributed by atoms with Crippen LogP contribution in [-0.2, 0) is 14.3 Å². The third-order valence-electron chi connectivity index (χ3n) is 3.21. The van der Waals surface area contributed by atoms with Gasteiger partial charge in [-0.3, -0.25) is 19.9 Å². The Bertz CT molecular complexity index is 311. The van der Waals surface area contributed by atoms with E-state index < -0.39 is 6.10 Å². The minimum Gasteiger partial charge on any atom is -0.369 e. The maximum atomic E-state index is 11.3. The smallest absolute Gasteiger partial charge is 0.263 e. The topological polar surface area (TPSA) is 111 Å². The molecule has 0 radical (unpaired) electrons. The Morgan fingerprint density at radius 3 is 2.74 bits per heavy atom. The Hall–Kier alpha value is -1.18. The molecule has 0 bridgehead atoms. The average molecular weight is 272 g/mol. The van der Waals surface area contributed by atoms with Gasteiger partial charge in [-0.05, 0) is 25.8 Å². The number of hydrazine groups is 1. The number of hydrogen-bond acceptors (Lipinski definition) is 5. The van der Waals surface area contributed by atoms with Crippen molar-refractivity contribution in [2.45, 2.75) is 44.8 Å². The van der Waals surface area contributed by atoms with Gasteiger partial charge in [0, 0.05) is 6.54 Å². The zero-order valence-electron chi connectivity index (χ0n) is 11.4. The monoisotopic (exact) mass is 272 g/mol. The summed E-state index contributed by atoms with van der Waals surface area (Å²) in [5.41, 5.74) is 7.33. The molecule has 0 aromatic carbocycles. The molecule has 5 N–H and O–H groups in total. The fourth-order valence-electron chi connectivity index (χ4n) is 2.25. The predicted molar refractivity (Wildman–Crippen MR) is 70.8 cm³/mol. The van der Waals surface area contributed by atoms with E-state index in [9.17, 15) is 9.59 Å². The van der Waals surface area contributed by atoms with E-state index in [1.807, 2.05) is 4.90 Å². The quantitative estimate of drug-likeness (QED) is 0.301. The lowest BCUT2D eigenvalue weighted by Gasteiger charge is -2.24. The number of carbonyl (C=O) groups excluding carboxylic acids is 2. The van der Waals surface area contributed by atoms with E-state index in [1.54, 1.807) is 0 Å². The average Bonchev–Trinajstić information content (AvgIpc) is 2.82. The van der Waals surface area contributed by atoms with Gasteiger partial charge < -0.3 is 10.5 Å². The molecule has 1 saturated heterocycles. The minimum absolute atomic E-state index is 0.0430. The number of carbonyl (C=O) groups is 2. The molecule has 19 heavy (non-hydrogen) atoms. The van der Waals surface area contributed by atoms with Crippen molar-refractivity contribution in [2.24, 2.45) is 11.6 Å². The summed E-state index contributed by atoms with van der Waals surface area (Å²) in [6.07, 6.45) is 2.99. The molecule has 1 aliphatic rings. The van der Waals surface area contributed by atoms with Crippen molar-refractivity contribution < 1.29 is 14.3 Å². The number of unbranched alkanes of at least 4 members (excludes halogenated alkanes) is 1. The molecule has 2 amide bonds. The maximum Gasteiger partial charge on any atom is 0.263 e. The summed E-state index contributed by atoms with van der Waals surface area (Å²) in [5.74, 6) is 4.44. The summed E-state index contributed by atoms with van der Waals surface area (Å²) in [6.45, 7) is 3.76. The summed E-state index contributed by atoms with van der Waals surface area (Å²) >= 11 is 0. The number of ether oxygens (including phenoxy) is 1. The van der Waals surface area contributed by atoms with E-state index in [1.165, 1.54) is 0 Å².